The van der Waals surface area contributed by atoms with Gasteiger partial charge in [0.25, 0.3) is 0 Å². The zero-order valence-electron chi connectivity index (χ0n) is 7.30. The van der Waals surface area contributed by atoms with E-state index in [9.17, 15) is 0 Å². The summed E-state index contributed by atoms with van der Waals surface area (Å²) in [5, 5.41) is 6.37. The second-order valence-electron chi connectivity index (χ2n) is 3.00. The molecule has 2 heterocycles. The normalized spacial score (nSPS) is 20.6. The van der Waals surface area contributed by atoms with E-state index in [1.54, 1.807) is 0 Å². The zero-order valence-corrected chi connectivity index (χ0v) is 7.30. The van der Waals surface area contributed by atoms with Gasteiger partial charge in [0.1, 0.15) is 12.5 Å². The Morgan fingerprint density at radius 3 is 3.42 bits per heavy atom. The minimum atomic E-state index is 0.700. The van der Waals surface area contributed by atoms with Gasteiger partial charge in [-0.05, 0) is 6.42 Å². The molecule has 0 bridgehead atoms. The van der Waals surface area contributed by atoms with Crippen LogP contribution in [0.25, 0.3) is 0 Å². The molecule has 4 nitrogen and oxygen atoms in total. The van der Waals surface area contributed by atoms with Crippen molar-refractivity contribution in [3.63, 3.8) is 0 Å². The van der Waals surface area contributed by atoms with E-state index in [2.05, 4.69) is 27.4 Å². The average Bonchev–Trinajstić information content (AvgIpc) is 2.50. The fraction of sp³-hybridized carbons (Fsp3) is 0.625. The Kier molecular flexibility index (Phi) is 1.89. The highest BCUT2D eigenvalue weighted by molar-refractivity contribution is 5.99. The molecule has 0 aromatic rings. The second-order valence-corrected chi connectivity index (χ2v) is 3.00. The van der Waals surface area contributed by atoms with Gasteiger partial charge >= 0.3 is 0 Å². The molecule has 4 heteroatoms. The third-order valence-electron chi connectivity index (χ3n) is 2.08. The van der Waals surface area contributed by atoms with Gasteiger partial charge in [-0.3, -0.25) is 0 Å². The molecule has 1 fully saturated rings. The predicted molar refractivity (Wildman–Crippen MR) is 48.5 cm³/mol. The van der Waals surface area contributed by atoms with Crippen LogP contribution in [-0.4, -0.2) is 30.6 Å². The van der Waals surface area contributed by atoms with Gasteiger partial charge in [-0.2, -0.15) is 0 Å². The first-order valence-electron chi connectivity index (χ1n) is 4.39. The molecule has 0 saturated carbocycles. The number of hydrogen-bond acceptors (Lipinski definition) is 4. The summed E-state index contributed by atoms with van der Waals surface area (Å²) in [6.07, 6.45) is 3.21. The van der Waals surface area contributed by atoms with Crippen LogP contribution in [0, 0.1) is 0 Å². The average molecular weight is 166 g/mol. The Morgan fingerprint density at radius 1 is 1.67 bits per heavy atom. The molecule has 0 radical (unpaired) electrons. The molecule has 2 aliphatic rings. The van der Waals surface area contributed by atoms with Crippen molar-refractivity contribution in [2.24, 2.45) is 4.99 Å². The van der Waals surface area contributed by atoms with Crippen molar-refractivity contribution >= 4 is 5.84 Å². The van der Waals surface area contributed by atoms with Gasteiger partial charge in [0, 0.05) is 12.7 Å². The highest BCUT2D eigenvalue weighted by atomic mass is 15.3. The maximum absolute atomic E-state index is 4.31. The number of amidine groups is 1. The lowest BCUT2D eigenvalue weighted by molar-refractivity contribution is 0.380. The molecule has 12 heavy (non-hydrogen) atoms. The molecule has 0 amide bonds. The van der Waals surface area contributed by atoms with E-state index in [0.29, 0.717) is 6.67 Å². The lowest BCUT2D eigenvalue weighted by atomic mass is 10.3. The van der Waals surface area contributed by atoms with Crippen LogP contribution >= 0.6 is 0 Å². The third-order valence-corrected chi connectivity index (χ3v) is 2.08. The number of nitrogens with one attached hydrogen (secondary N) is 2. The Balaban J connectivity index is 2.11. The predicted octanol–water partition coefficient (Wildman–Crippen LogP) is 0.0597. The topological polar surface area (TPSA) is 39.7 Å². The van der Waals surface area contributed by atoms with E-state index in [-0.39, 0.29) is 0 Å². The first-order valence-corrected chi connectivity index (χ1v) is 4.39. The maximum Gasteiger partial charge on any atom is 0.149 e. The Hall–Kier alpha value is -1.19. The molecule has 2 rings (SSSR count). The second kappa shape index (κ2) is 3.05. The molecule has 66 valence electrons. The van der Waals surface area contributed by atoms with Crippen LogP contribution in [0.1, 0.15) is 13.3 Å². The highest BCUT2D eigenvalue weighted by Gasteiger charge is 2.23. The Bertz CT molecular complexity index is 231. The number of nitrogens with zero attached hydrogens (tertiary/aromatic N) is 2. The number of fused-ring (bicyclic) bond motifs is 1. The molecule has 2 N–H and O–H groups in total. The van der Waals surface area contributed by atoms with Gasteiger partial charge in [0.2, 0.25) is 0 Å². The van der Waals surface area contributed by atoms with Gasteiger partial charge in [0.15, 0.2) is 0 Å². The third kappa shape index (κ3) is 1.13. The minimum absolute atomic E-state index is 0.700. The van der Waals surface area contributed by atoms with E-state index >= 15 is 0 Å². The zero-order chi connectivity index (χ0) is 8.39. The SMILES string of the molecule is CCCN1CNC2=NCNC=C21. The monoisotopic (exact) mass is 166 g/mol. The summed E-state index contributed by atoms with van der Waals surface area (Å²) in [6, 6.07) is 0. The van der Waals surface area contributed by atoms with E-state index in [4.69, 9.17) is 0 Å². The van der Waals surface area contributed by atoms with Crippen molar-refractivity contribution in [2.75, 3.05) is 19.9 Å². The molecular weight excluding hydrogens is 152 g/mol. The number of hydrogen-bond donors (Lipinski definition) is 2. The maximum atomic E-state index is 4.31. The van der Waals surface area contributed by atoms with Crippen LogP contribution in [-0.2, 0) is 0 Å². The van der Waals surface area contributed by atoms with Crippen LogP contribution in [0.4, 0.5) is 0 Å². The smallest absolute Gasteiger partial charge is 0.149 e. The molecular formula is C8H14N4. The molecule has 1 saturated heterocycles. The summed E-state index contributed by atoms with van der Waals surface area (Å²) in [4.78, 5) is 6.61. The summed E-state index contributed by atoms with van der Waals surface area (Å²) >= 11 is 0. The van der Waals surface area contributed by atoms with Crippen LogP contribution in [0.15, 0.2) is 16.9 Å². The van der Waals surface area contributed by atoms with Gasteiger partial charge in [-0.25, -0.2) is 4.99 Å². The standard InChI is InChI=1S/C8H14N4/c1-2-3-12-6-11-8-7(12)4-9-5-10-8/h4,9H,2-3,5-6H2,1H3,(H,10,11). The van der Waals surface area contributed by atoms with Gasteiger partial charge in [0.05, 0.1) is 12.4 Å². The van der Waals surface area contributed by atoms with Crippen molar-refractivity contribution < 1.29 is 0 Å². The first-order chi connectivity index (χ1) is 5.92. The summed E-state index contributed by atoms with van der Waals surface area (Å²) in [5.74, 6) is 1.04. The molecule has 0 atom stereocenters. The van der Waals surface area contributed by atoms with E-state index in [1.807, 2.05) is 6.20 Å². The van der Waals surface area contributed by atoms with Crippen molar-refractivity contribution in [1.29, 1.82) is 0 Å². The summed E-state index contributed by atoms with van der Waals surface area (Å²) in [6.45, 7) is 4.89. The first kappa shape index (κ1) is 7.46. The molecule has 0 spiro atoms. The van der Waals surface area contributed by atoms with Crippen molar-refractivity contribution in [1.82, 2.24) is 15.5 Å². The van der Waals surface area contributed by atoms with Gasteiger partial charge < -0.3 is 15.5 Å². The summed E-state index contributed by atoms with van der Waals surface area (Å²) in [5.41, 5.74) is 1.21. The molecule has 0 aromatic heterocycles. The van der Waals surface area contributed by atoms with Crippen LogP contribution in [0.2, 0.25) is 0 Å². The largest absolute Gasteiger partial charge is 0.370 e. The van der Waals surface area contributed by atoms with Gasteiger partial charge in [-0.1, -0.05) is 6.92 Å². The number of aliphatic imine (C=N–C) groups is 1. The minimum Gasteiger partial charge on any atom is -0.370 e. The van der Waals surface area contributed by atoms with Gasteiger partial charge in [-0.15, -0.1) is 0 Å². The quantitative estimate of drug-likeness (QED) is 0.609. The molecule has 0 unspecified atom stereocenters. The Morgan fingerprint density at radius 2 is 2.58 bits per heavy atom. The molecule has 0 aliphatic carbocycles. The van der Waals surface area contributed by atoms with Crippen molar-refractivity contribution in [2.45, 2.75) is 13.3 Å². The van der Waals surface area contributed by atoms with Crippen LogP contribution < -0.4 is 10.6 Å². The lowest BCUT2D eigenvalue weighted by Gasteiger charge is -2.18. The van der Waals surface area contributed by atoms with E-state index in [0.717, 1.165) is 19.0 Å². The number of rotatable bonds is 2. The van der Waals surface area contributed by atoms with Crippen LogP contribution in [0.5, 0.6) is 0 Å². The fourth-order valence-electron chi connectivity index (χ4n) is 1.53. The lowest BCUT2D eigenvalue weighted by Crippen LogP contribution is -2.25. The fourth-order valence-corrected chi connectivity index (χ4v) is 1.53. The summed E-state index contributed by atoms with van der Waals surface area (Å²) < 4.78 is 0. The van der Waals surface area contributed by atoms with Crippen LogP contribution in [0.3, 0.4) is 0 Å². The molecule has 0 aromatic carbocycles. The summed E-state index contributed by atoms with van der Waals surface area (Å²) in [7, 11) is 0. The highest BCUT2D eigenvalue weighted by Crippen LogP contribution is 2.12. The van der Waals surface area contributed by atoms with E-state index < -0.39 is 0 Å². The van der Waals surface area contributed by atoms with Crippen molar-refractivity contribution in [3.05, 3.63) is 11.9 Å². The Labute approximate surface area is 72.3 Å². The van der Waals surface area contributed by atoms with Crippen molar-refractivity contribution in [3.8, 4) is 0 Å². The van der Waals surface area contributed by atoms with E-state index in [1.165, 1.54) is 12.1 Å². The molecule has 2 aliphatic heterocycles.